The fourth-order valence-electron chi connectivity index (χ4n) is 2.46. The van der Waals surface area contributed by atoms with Gasteiger partial charge in [0.2, 0.25) is 6.21 Å². The van der Waals surface area contributed by atoms with E-state index in [2.05, 4.69) is 9.52 Å². The van der Waals surface area contributed by atoms with Crippen molar-refractivity contribution in [2.75, 3.05) is 39.4 Å². The van der Waals surface area contributed by atoms with E-state index in [1.165, 1.54) is 34.3 Å². The Morgan fingerprint density at radius 3 is 2.12 bits per heavy atom. The number of hydrogen-bond acceptors (Lipinski definition) is 11. The van der Waals surface area contributed by atoms with E-state index >= 15 is 0 Å². The predicted octanol–water partition coefficient (Wildman–Crippen LogP) is 0.361. The zero-order valence-electron chi connectivity index (χ0n) is 17.1. The highest BCUT2D eigenvalue weighted by Gasteiger charge is 2.27. The number of carbonyl (C=O) groups is 1. The van der Waals surface area contributed by atoms with Crippen molar-refractivity contribution in [1.29, 1.82) is 0 Å². The van der Waals surface area contributed by atoms with Crippen molar-refractivity contribution >= 4 is 30.2 Å². The molecule has 2 N–H and O–H groups in total. The van der Waals surface area contributed by atoms with Crippen molar-refractivity contribution in [1.82, 2.24) is 9.91 Å². The SMILES string of the molecule is O=C1N(CCO)CCN1/N=C/c1ccc([N+](=O)[O-])o1.O=[N+]([O-])c1ccc(/C=[N+](\[O-])CCO)o1. The molecule has 33 heavy (non-hydrogen) atoms. The normalized spacial score (nSPS) is 14.0. The highest BCUT2D eigenvalue weighted by Crippen LogP contribution is 2.15. The van der Waals surface area contributed by atoms with Gasteiger partial charge in [-0.15, -0.1) is 0 Å². The molecule has 0 aliphatic carbocycles. The van der Waals surface area contributed by atoms with Crippen LogP contribution in [0.4, 0.5) is 16.6 Å². The Hall–Kier alpha value is -4.31. The zero-order chi connectivity index (χ0) is 24.4. The van der Waals surface area contributed by atoms with Gasteiger partial charge in [-0.1, -0.05) is 0 Å². The third kappa shape index (κ3) is 7.40. The molecule has 0 unspecified atom stereocenters. The number of amides is 2. The van der Waals surface area contributed by atoms with Crippen molar-refractivity contribution in [3.05, 3.63) is 61.2 Å². The van der Waals surface area contributed by atoms with E-state index in [0.717, 1.165) is 12.3 Å². The smallest absolute Gasteiger partial charge is 0.433 e. The highest BCUT2D eigenvalue weighted by molar-refractivity contribution is 5.81. The molecule has 16 heteroatoms. The first kappa shape index (κ1) is 25.0. The molecule has 2 amide bonds. The fourth-order valence-corrected chi connectivity index (χ4v) is 2.46. The van der Waals surface area contributed by atoms with Gasteiger partial charge in [0.1, 0.15) is 16.5 Å². The van der Waals surface area contributed by atoms with Gasteiger partial charge in [-0.3, -0.25) is 20.2 Å². The lowest BCUT2D eigenvalue weighted by molar-refractivity contribution is -0.455. The Bertz CT molecular complexity index is 1030. The van der Waals surface area contributed by atoms with E-state index in [1.807, 2.05) is 0 Å². The van der Waals surface area contributed by atoms with Crippen LogP contribution in [0, 0.1) is 25.4 Å². The second-order valence-corrected chi connectivity index (χ2v) is 6.22. The minimum Gasteiger partial charge on any atom is -0.624 e. The Morgan fingerprint density at radius 2 is 1.58 bits per heavy atom. The lowest BCUT2D eigenvalue weighted by Crippen LogP contribution is -2.31. The Balaban J connectivity index is 0.000000245. The van der Waals surface area contributed by atoms with Gasteiger partial charge in [-0.2, -0.15) is 5.10 Å². The third-order valence-electron chi connectivity index (χ3n) is 3.94. The fraction of sp³-hybridized carbons (Fsp3) is 0.353. The molecule has 0 radical (unpaired) electrons. The van der Waals surface area contributed by atoms with Gasteiger partial charge in [-0.05, 0) is 12.1 Å². The van der Waals surface area contributed by atoms with Crippen LogP contribution in [-0.2, 0) is 0 Å². The maximum absolute atomic E-state index is 11.7. The zero-order valence-corrected chi connectivity index (χ0v) is 17.1. The standard InChI is InChI=1S/C10H12N4O5.C7H8N2O5/c15-6-5-12-3-4-13(10(12)16)11-7-8-1-2-9(19-8)14(17)18;10-4-3-8(11)5-6-1-2-7(14-6)9(12)13/h1-2,7,15H,3-6H2;1-2,5,10H,3-4H2/b11-7+;8-5-. The van der Waals surface area contributed by atoms with Gasteiger partial charge < -0.3 is 29.2 Å². The highest BCUT2D eigenvalue weighted by atomic mass is 16.7. The van der Waals surface area contributed by atoms with Crippen LogP contribution in [0.2, 0.25) is 0 Å². The molecular weight excluding hydrogens is 448 g/mol. The third-order valence-corrected chi connectivity index (χ3v) is 3.94. The van der Waals surface area contributed by atoms with Crippen LogP contribution < -0.4 is 0 Å². The number of hydrazone groups is 1. The molecule has 0 aromatic carbocycles. The lowest BCUT2D eigenvalue weighted by Gasteiger charge is -2.13. The Labute approximate surface area is 185 Å². The summed E-state index contributed by atoms with van der Waals surface area (Å²) in [5.74, 6) is -0.523. The minimum absolute atomic E-state index is 0.0835. The van der Waals surface area contributed by atoms with Crippen molar-refractivity contribution in [2.24, 2.45) is 5.10 Å². The van der Waals surface area contributed by atoms with E-state index in [0.29, 0.717) is 17.8 Å². The number of β-amino-alcohol motifs (C(OH)–C–C–N with tert-alkyl or cyclic N) is 1. The number of hydroxylamine groups is 1. The van der Waals surface area contributed by atoms with Gasteiger partial charge in [0, 0.05) is 13.1 Å². The quantitative estimate of drug-likeness (QED) is 0.169. The van der Waals surface area contributed by atoms with E-state index in [9.17, 15) is 30.2 Å². The number of nitro groups is 2. The molecule has 178 valence electrons. The summed E-state index contributed by atoms with van der Waals surface area (Å²) in [6.45, 7) is 0.648. The van der Waals surface area contributed by atoms with Crippen LogP contribution in [0.1, 0.15) is 11.5 Å². The molecule has 3 rings (SSSR count). The summed E-state index contributed by atoms with van der Waals surface area (Å²) in [5, 5.41) is 53.8. The van der Waals surface area contributed by atoms with E-state index in [4.69, 9.17) is 14.6 Å². The first-order valence-corrected chi connectivity index (χ1v) is 9.34. The summed E-state index contributed by atoms with van der Waals surface area (Å²) >= 11 is 0. The van der Waals surface area contributed by atoms with Crippen molar-refractivity contribution in [3.63, 3.8) is 0 Å². The van der Waals surface area contributed by atoms with Crippen LogP contribution in [0.15, 0.2) is 38.2 Å². The molecule has 3 heterocycles. The average molecular weight is 468 g/mol. The second-order valence-electron chi connectivity index (χ2n) is 6.22. The van der Waals surface area contributed by atoms with Crippen molar-refractivity contribution < 1.29 is 38.4 Å². The number of urea groups is 1. The number of carbonyl (C=O) groups excluding carboxylic acids is 1. The first-order chi connectivity index (χ1) is 15.7. The summed E-state index contributed by atoms with van der Waals surface area (Å²) in [7, 11) is 0. The van der Waals surface area contributed by atoms with Crippen LogP contribution in [0.5, 0.6) is 0 Å². The molecule has 1 fully saturated rings. The summed E-state index contributed by atoms with van der Waals surface area (Å²) in [4.78, 5) is 32.4. The van der Waals surface area contributed by atoms with Crippen LogP contribution in [0.25, 0.3) is 0 Å². The van der Waals surface area contributed by atoms with E-state index in [1.54, 1.807) is 0 Å². The molecule has 2 aromatic heterocycles. The average Bonchev–Trinajstić information content (AvgIpc) is 3.49. The van der Waals surface area contributed by atoms with E-state index in [-0.39, 0.29) is 49.7 Å². The molecule has 0 bridgehead atoms. The number of rotatable bonds is 9. The largest absolute Gasteiger partial charge is 0.624 e. The van der Waals surface area contributed by atoms with E-state index < -0.39 is 15.7 Å². The molecule has 1 aliphatic rings. The number of aliphatic hydroxyl groups excluding tert-OH is 2. The van der Waals surface area contributed by atoms with Gasteiger partial charge in [0.25, 0.3) is 0 Å². The number of nitrogens with zero attached hydrogens (tertiary/aromatic N) is 6. The molecular formula is C17H20N6O10. The predicted molar refractivity (Wildman–Crippen MR) is 110 cm³/mol. The summed E-state index contributed by atoms with van der Waals surface area (Å²) < 4.78 is 9.99. The maximum Gasteiger partial charge on any atom is 0.433 e. The maximum atomic E-state index is 11.7. The van der Waals surface area contributed by atoms with Gasteiger partial charge in [0.05, 0.1) is 31.5 Å². The monoisotopic (exact) mass is 468 g/mol. The lowest BCUT2D eigenvalue weighted by atomic mass is 10.5. The molecule has 1 aliphatic heterocycles. The molecule has 16 nitrogen and oxygen atoms in total. The van der Waals surface area contributed by atoms with Crippen molar-refractivity contribution in [2.45, 2.75) is 0 Å². The van der Waals surface area contributed by atoms with Gasteiger partial charge in [-0.25, -0.2) is 14.5 Å². The van der Waals surface area contributed by atoms with Gasteiger partial charge >= 0.3 is 17.8 Å². The number of furan rings is 2. The molecule has 0 spiro atoms. The molecule has 0 atom stereocenters. The summed E-state index contributed by atoms with van der Waals surface area (Å²) in [6.07, 6.45) is 2.27. The second kappa shape index (κ2) is 11.9. The first-order valence-electron chi connectivity index (χ1n) is 9.34. The molecule has 2 aromatic rings. The summed E-state index contributed by atoms with van der Waals surface area (Å²) in [6, 6.07) is 4.75. The van der Waals surface area contributed by atoms with Crippen molar-refractivity contribution in [3.8, 4) is 0 Å². The summed E-state index contributed by atoms with van der Waals surface area (Å²) in [5.41, 5.74) is 0. The van der Waals surface area contributed by atoms with Crippen LogP contribution in [-0.4, -0.2) is 92.6 Å². The Morgan fingerprint density at radius 1 is 0.970 bits per heavy atom. The Kier molecular flexibility index (Phi) is 9.01. The number of aliphatic hydroxyl groups is 2. The minimum atomic E-state index is -0.696. The number of hydrogen-bond donors (Lipinski definition) is 2. The molecule has 0 saturated carbocycles. The van der Waals surface area contributed by atoms with Crippen LogP contribution >= 0.6 is 0 Å². The molecule has 1 saturated heterocycles. The van der Waals surface area contributed by atoms with Gasteiger partial charge in [0.15, 0.2) is 18.1 Å². The van der Waals surface area contributed by atoms with Crippen LogP contribution in [0.3, 0.4) is 0 Å². The topological polar surface area (TPSA) is 215 Å².